The Bertz CT molecular complexity index is 1420. The molecule has 35 heavy (non-hydrogen) atoms. The minimum Gasteiger partial charge on any atom is -0.496 e. The van der Waals surface area contributed by atoms with E-state index in [4.69, 9.17) is 26.2 Å². The van der Waals surface area contributed by atoms with E-state index in [9.17, 15) is 5.26 Å². The minimum atomic E-state index is -0.660. The summed E-state index contributed by atoms with van der Waals surface area (Å²) in [7, 11) is 1.59. The van der Waals surface area contributed by atoms with Crippen molar-refractivity contribution in [2.24, 2.45) is 4.99 Å². The van der Waals surface area contributed by atoms with Gasteiger partial charge in [0, 0.05) is 11.1 Å². The van der Waals surface area contributed by atoms with Gasteiger partial charge in [-0.3, -0.25) is 5.32 Å². The SMILES string of the molecule is COc1ccc(C2N=C(NC#N)Nc3nc(N)c(C#N)c(N)c32)cc1COc1cc(C)ccc1C. The molecule has 6 N–H and O–H groups in total. The van der Waals surface area contributed by atoms with Crippen LogP contribution in [0.2, 0.25) is 0 Å². The molecule has 0 aliphatic carbocycles. The highest BCUT2D eigenvalue weighted by molar-refractivity contribution is 5.98. The lowest BCUT2D eigenvalue weighted by molar-refractivity contribution is 0.294. The maximum atomic E-state index is 9.53. The Morgan fingerprint density at radius 2 is 1.91 bits per heavy atom. The first-order valence-electron chi connectivity index (χ1n) is 10.7. The number of nitrogens with zero attached hydrogens (tertiary/aromatic N) is 4. The van der Waals surface area contributed by atoms with Gasteiger partial charge in [-0.15, -0.1) is 0 Å². The number of anilines is 3. The van der Waals surface area contributed by atoms with Crippen LogP contribution in [0.3, 0.4) is 0 Å². The molecule has 2 aromatic carbocycles. The van der Waals surface area contributed by atoms with Gasteiger partial charge in [0.05, 0.1) is 12.8 Å². The molecule has 0 saturated heterocycles. The van der Waals surface area contributed by atoms with Crippen molar-refractivity contribution in [2.75, 3.05) is 23.9 Å². The Kier molecular flexibility index (Phi) is 6.30. The van der Waals surface area contributed by atoms with E-state index in [0.29, 0.717) is 17.1 Å². The number of benzene rings is 2. The fraction of sp³-hybridized carbons (Fsp3) is 0.200. The van der Waals surface area contributed by atoms with Gasteiger partial charge in [-0.05, 0) is 48.7 Å². The summed E-state index contributed by atoms with van der Waals surface area (Å²) < 4.78 is 11.7. The fourth-order valence-electron chi connectivity index (χ4n) is 3.92. The molecule has 0 bridgehead atoms. The van der Waals surface area contributed by atoms with Crippen LogP contribution < -0.4 is 31.6 Å². The third-order valence-electron chi connectivity index (χ3n) is 5.70. The van der Waals surface area contributed by atoms with E-state index in [2.05, 4.69) is 20.6 Å². The number of nitrogens with two attached hydrogens (primary N) is 2. The Balaban J connectivity index is 1.78. The molecule has 4 rings (SSSR count). The van der Waals surface area contributed by atoms with Gasteiger partial charge in [0.15, 0.2) is 6.19 Å². The topological polar surface area (TPSA) is 167 Å². The molecule has 10 nitrogen and oxygen atoms in total. The number of hydrogen-bond donors (Lipinski definition) is 4. The van der Waals surface area contributed by atoms with E-state index >= 15 is 0 Å². The number of hydrogen-bond acceptors (Lipinski definition) is 10. The second-order valence-electron chi connectivity index (χ2n) is 8.03. The molecule has 176 valence electrons. The Morgan fingerprint density at radius 3 is 2.63 bits per heavy atom. The molecule has 0 saturated carbocycles. The van der Waals surface area contributed by atoms with Crippen molar-refractivity contribution in [3.05, 3.63) is 69.8 Å². The van der Waals surface area contributed by atoms with Crippen LogP contribution in [0.15, 0.2) is 41.4 Å². The number of methoxy groups -OCH3 is 1. The van der Waals surface area contributed by atoms with Crippen molar-refractivity contribution in [1.29, 1.82) is 10.5 Å². The molecule has 1 aromatic heterocycles. The molecule has 10 heteroatoms. The number of ether oxygens (including phenoxy) is 2. The highest BCUT2D eigenvalue weighted by Gasteiger charge is 2.30. The third kappa shape index (κ3) is 4.45. The lowest BCUT2D eigenvalue weighted by Crippen LogP contribution is -2.32. The van der Waals surface area contributed by atoms with Crippen LogP contribution in [0.4, 0.5) is 17.3 Å². The summed E-state index contributed by atoms with van der Waals surface area (Å²) in [5.74, 6) is 1.93. The highest BCUT2D eigenvalue weighted by atomic mass is 16.5. The standard InChI is InChI=1S/C25H24N8O2/c1-13-4-5-14(2)19(8-13)35-11-16-9-15(6-7-18(16)34-3)22-20-21(28)17(10-26)23(29)32-24(20)33-25(31-22)30-12-27/h4-9,22H,11H2,1-3H3,(H6,28,29,30,31,32,33). The van der Waals surface area contributed by atoms with E-state index in [-0.39, 0.29) is 29.6 Å². The monoisotopic (exact) mass is 468 g/mol. The first-order valence-corrected chi connectivity index (χ1v) is 10.7. The fourth-order valence-corrected chi connectivity index (χ4v) is 3.92. The normalized spacial score (nSPS) is 14.0. The maximum Gasteiger partial charge on any atom is 0.211 e. The summed E-state index contributed by atoms with van der Waals surface area (Å²) in [5.41, 5.74) is 16.7. The first-order chi connectivity index (χ1) is 16.9. The summed E-state index contributed by atoms with van der Waals surface area (Å²) in [5, 5.41) is 24.1. The number of guanidine groups is 1. The van der Waals surface area contributed by atoms with Crippen molar-refractivity contribution < 1.29 is 9.47 Å². The van der Waals surface area contributed by atoms with E-state index in [0.717, 1.165) is 28.0 Å². The highest BCUT2D eigenvalue weighted by Crippen LogP contribution is 2.41. The zero-order valence-electron chi connectivity index (χ0n) is 19.5. The van der Waals surface area contributed by atoms with Crippen LogP contribution in [0.1, 0.15) is 39.4 Å². The number of aromatic nitrogens is 1. The zero-order chi connectivity index (χ0) is 25.1. The van der Waals surface area contributed by atoms with Gasteiger partial charge in [0.2, 0.25) is 5.96 Å². The molecule has 0 spiro atoms. The maximum absolute atomic E-state index is 9.53. The molecule has 2 heterocycles. The number of fused-ring (bicyclic) bond motifs is 1. The Labute approximate surface area is 202 Å². The van der Waals surface area contributed by atoms with E-state index in [1.165, 1.54) is 0 Å². The molecule has 1 aliphatic rings. The second-order valence-corrected chi connectivity index (χ2v) is 8.03. The third-order valence-corrected chi connectivity index (χ3v) is 5.70. The average molecular weight is 469 g/mol. The smallest absolute Gasteiger partial charge is 0.211 e. The molecule has 0 amide bonds. The molecular formula is C25H24N8O2. The minimum absolute atomic E-state index is 0.00875. The number of nitrogen functional groups attached to an aromatic ring is 2. The number of pyridine rings is 1. The summed E-state index contributed by atoms with van der Waals surface area (Å²) in [6.45, 7) is 4.25. The van der Waals surface area contributed by atoms with Crippen molar-refractivity contribution in [3.63, 3.8) is 0 Å². The van der Waals surface area contributed by atoms with E-state index in [1.54, 1.807) is 7.11 Å². The van der Waals surface area contributed by atoms with Gasteiger partial charge in [0.1, 0.15) is 47.4 Å². The Morgan fingerprint density at radius 1 is 1.11 bits per heavy atom. The second kappa shape index (κ2) is 9.49. The molecule has 0 fully saturated rings. The summed E-state index contributed by atoms with van der Waals surface area (Å²) in [6, 6.07) is 12.9. The van der Waals surface area contributed by atoms with Gasteiger partial charge in [-0.2, -0.15) is 10.5 Å². The number of nitrogens with one attached hydrogen (secondary N) is 2. The van der Waals surface area contributed by atoms with E-state index < -0.39 is 6.04 Å². The van der Waals surface area contributed by atoms with Crippen LogP contribution in [-0.2, 0) is 6.61 Å². The van der Waals surface area contributed by atoms with Crippen molar-refractivity contribution in [3.8, 4) is 23.8 Å². The molecule has 1 aliphatic heterocycles. The average Bonchev–Trinajstić information content (AvgIpc) is 2.84. The summed E-state index contributed by atoms with van der Waals surface area (Å²) in [6.07, 6.45) is 1.84. The predicted octanol–water partition coefficient (Wildman–Crippen LogP) is 3.26. The van der Waals surface area contributed by atoms with Crippen LogP contribution >= 0.6 is 0 Å². The zero-order valence-corrected chi connectivity index (χ0v) is 19.5. The Hall–Kier alpha value is -4.96. The van der Waals surface area contributed by atoms with Crippen LogP contribution in [-0.4, -0.2) is 18.1 Å². The summed E-state index contributed by atoms with van der Waals surface area (Å²) in [4.78, 5) is 8.90. The first kappa shape index (κ1) is 23.2. The van der Waals surface area contributed by atoms with Crippen molar-refractivity contribution >= 4 is 23.3 Å². The number of aliphatic imine (C=N–C) groups is 1. The number of aryl methyl sites for hydroxylation is 2. The van der Waals surface area contributed by atoms with Crippen LogP contribution in [0, 0.1) is 36.6 Å². The van der Waals surface area contributed by atoms with Crippen LogP contribution in [0.5, 0.6) is 11.5 Å². The molecule has 0 radical (unpaired) electrons. The van der Waals surface area contributed by atoms with Gasteiger partial charge < -0.3 is 26.3 Å². The molecule has 1 atom stereocenters. The molecule has 1 unspecified atom stereocenters. The van der Waals surface area contributed by atoms with Crippen molar-refractivity contribution in [1.82, 2.24) is 10.3 Å². The number of nitriles is 2. The number of rotatable bonds is 5. The van der Waals surface area contributed by atoms with Gasteiger partial charge >= 0.3 is 0 Å². The molecule has 3 aromatic rings. The van der Waals surface area contributed by atoms with E-state index in [1.807, 2.05) is 62.5 Å². The lowest BCUT2D eigenvalue weighted by atomic mass is 9.94. The largest absolute Gasteiger partial charge is 0.496 e. The van der Waals surface area contributed by atoms with Gasteiger partial charge in [-0.1, -0.05) is 18.2 Å². The van der Waals surface area contributed by atoms with Crippen molar-refractivity contribution in [2.45, 2.75) is 26.5 Å². The molecular weight excluding hydrogens is 444 g/mol. The predicted molar refractivity (Wildman–Crippen MR) is 133 cm³/mol. The quantitative estimate of drug-likeness (QED) is 0.324. The van der Waals surface area contributed by atoms with Gasteiger partial charge in [0.25, 0.3) is 0 Å². The summed E-state index contributed by atoms with van der Waals surface area (Å²) >= 11 is 0. The van der Waals surface area contributed by atoms with Crippen LogP contribution in [0.25, 0.3) is 0 Å². The van der Waals surface area contributed by atoms with Gasteiger partial charge in [-0.25, -0.2) is 9.98 Å². The lowest BCUT2D eigenvalue weighted by Gasteiger charge is -2.26.